The molecule has 0 saturated carbocycles. The summed E-state index contributed by atoms with van der Waals surface area (Å²) in [5.41, 5.74) is 3.60. The molecule has 50 heavy (non-hydrogen) atoms. The van der Waals surface area contributed by atoms with Crippen molar-refractivity contribution in [3.05, 3.63) is 59.3 Å². The summed E-state index contributed by atoms with van der Waals surface area (Å²) in [6, 6.07) is 8.99. The summed E-state index contributed by atoms with van der Waals surface area (Å²) in [6.07, 6.45) is 12.3. The first-order valence-corrected chi connectivity index (χ1v) is 19.0. The van der Waals surface area contributed by atoms with Gasteiger partial charge in [-0.2, -0.15) is 10.4 Å². The Morgan fingerprint density at radius 2 is 1.80 bits per heavy atom. The van der Waals surface area contributed by atoms with Crippen molar-refractivity contribution in [2.24, 2.45) is 0 Å². The molecule has 13 nitrogen and oxygen atoms in total. The Morgan fingerprint density at radius 3 is 2.48 bits per heavy atom. The predicted molar refractivity (Wildman–Crippen MR) is 184 cm³/mol. The minimum absolute atomic E-state index is 0.0310. The molecule has 0 amide bonds. The lowest BCUT2D eigenvalue weighted by Gasteiger charge is -2.32. The first-order valence-electron chi connectivity index (χ1n) is 17.5. The van der Waals surface area contributed by atoms with E-state index in [0.29, 0.717) is 17.5 Å². The molecule has 5 atom stereocenters. The number of phosphoric ester groups is 1. The quantitative estimate of drug-likeness (QED) is 0.0692. The highest BCUT2D eigenvalue weighted by molar-refractivity contribution is 7.47. The van der Waals surface area contributed by atoms with E-state index in [1.165, 1.54) is 74.8 Å². The zero-order valence-corrected chi connectivity index (χ0v) is 29.9. The highest BCUT2D eigenvalue weighted by Crippen LogP contribution is 2.48. The number of fused-ring (bicyclic) bond motifs is 1. The van der Waals surface area contributed by atoms with Crippen molar-refractivity contribution in [3.8, 4) is 6.07 Å². The van der Waals surface area contributed by atoms with Crippen LogP contribution in [-0.2, 0) is 35.3 Å². The van der Waals surface area contributed by atoms with Crippen molar-refractivity contribution in [2.75, 3.05) is 25.6 Å². The first kappa shape index (κ1) is 39.8. The molecule has 1 fully saturated rings. The van der Waals surface area contributed by atoms with Gasteiger partial charge in [0.1, 0.15) is 29.4 Å². The normalized spacial score (nSPS) is 22.5. The number of nitriles is 1. The number of nitrogen functional groups attached to an aromatic ring is 1. The van der Waals surface area contributed by atoms with Crippen LogP contribution < -0.4 is 5.73 Å². The lowest BCUT2D eigenvalue weighted by Crippen LogP contribution is -2.49. The molecule has 1 unspecified atom stereocenters. The minimum atomic E-state index is -4.70. The fourth-order valence-corrected chi connectivity index (χ4v) is 7.09. The van der Waals surface area contributed by atoms with E-state index in [4.69, 9.17) is 24.3 Å². The van der Waals surface area contributed by atoms with Gasteiger partial charge in [-0.1, -0.05) is 77.6 Å². The van der Waals surface area contributed by atoms with Crippen LogP contribution in [0.1, 0.15) is 108 Å². The Morgan fingerprint density at radius 1 is 1.12 bits per heavy atom. The highest BCUT2D eigenvalue weighted by atomic mass is 31.2. The van der Waals surface area contributed by atoms with E-state index in [1.807, 2.05) is 6.07 Å². The average Bonchev–Trinajstić information content (AvgIpc) is 3.64. The Hall–Kier alpha value is -2.99. The van der Waals surface area contributed by atoms with E-state index < -0.39 is 43.7 Å². The lowest BCUT2D eigenvalue weighted by atomic mass is 9.86. The maximum atomic E-state index is 14.0. The third kappa shape index (κ3) is 10.8. The Balaban J connectivity index is 1.30. The number of ether oxygens (including phenoxy) is 2. The molecular weight excluding hydrogens is 668 g/mol. The number of phosphoric acid groups is 1. The van der Waals surface area contributed by atoms with Crippen LogP contribution in [0, 0.1) is 17.1 Å². The maximum Gasteiger partial charge on any atom is 0.472 e. The molecule has 3 heterocycles. The van der Waals surface area contributed by atoms with Crippen LogP contribution in [0.2, 0.25) is 0 Å². The van der Waals surface area contributed by atoms with Gasteiger partial charge in [-0.15, -0.1) is 0 Å². The summed E-state index contributed by atoms with van der Waals surface area (Å²) in [5, 5.41) is 36.0. The molecular formula is C35H51FN5O8P. The van der Waals surface area contributed by atoms with E-state index in [-0.39, 0.29) is 36.9 Å². The van der Waals surface area contributed by atoms with Crippen molar-refractivity contribution >= 4 is 19.2 Å². The molecule has 15 heteroatoms. The summed E-state index contributed by atoms with van der Waals surface area (Å²) in [5.74, 6) is -0.380. The van der Waals surface area contributed by atoms with Gasteiger partial charge in [0.15, 0.2) is 11.4 Å². The van der Waals surface area contributed by atoms with Crippen LogP contribution in [0.25, 0.3) is 5.52 Å². The van der Waals surface area contributed by atoms with Gasteiger partial charge >= 0.3 is 7.82 Å². The van der Waals surface area contributed by atoms with Crippen molar-refractivity contribution < 1.29 is 42.6 Å². The standard InChI is InChI=1S/C35H51FN5O8P/c1-3-4-5-6-7-8-9-10-11-12-13-14-29(46-21-27-17-26(20-37)18-28(36)19-27)22-48-50(44,45)49-23-34(2)33(42)35(43,24-47-34)31-16-15-30-32(38)39-25-40-41(30)31/h15-19,25,29,33,42-43H,3-14,21-24H2,1-2H3,(H,44,45)(H2,38,39,40)/t29-,33+,34+,35-/m0/s1. The van der Waals surface area contributed by atoms with Crippen molar-refractivity contribution in [1.29, 1.82) is 5.26 Å². The molecule has 5 N–H and O–H groups in total. The summed E-state index contributed by atoms with van der Waals surface area (Å²) in [6.45, 7) is 2.38. The maximum absolute atomic E-state index is 14.0. The van der Waals surface area contributed by atoms with Crippen LogP contribution in [0.4, 0.5) is 10.2 Å². The number of hydrogen-bond acceptors (Lipinski definition) is 11. The van der Waals surface area contributed by atoms with Gasteiger partial charge in [0.05, 0.1) is 49.9 Å². The number of aromatic nitrogens is 3. The molecule has 1 saturated heterocycles. The van der Waals surface area contributed by atoms with Crippen molar-refractivity contribution in [2.45, 2.75) is 121 Å². The number of aliphatic hydroxyl groups is 2. The van der Waals surface area contributed by atoms with Crippen molar-refractivity contribution in [3.63, 3.8) is 0 Å². The van der Waals surface area contributed by atoms with Gasteiger partial charge in [0.25, 0.3) is 0 Å². The summed E-state index contributed by atoms with van der Waals surface area (Å²) in [4.78, 5) is 14.5. The number of nitrogens with zero attached hydrogens (tertiary/aromatic N) is 4. The molecule has 1 aliphatic rings. The van der Waals surface area contributed by atoms with Crippen LogP contribution in [-0.4, -0.2) is 67.3 Å². The number of rotatable bonds is 22. The topological polar surface area (TPSA) is 195 Å². The molecule has 1 aromatic carbocycles. The second-order valence-electron chi connectivity index (χ2n) is 13.3. The number of nitrogens with two attached hydrogens (primary N) is 1. The molecule has 4 rings (SSSR count). The van der Waals surface area contributed by atoms with E-state index >= 15 is 0 Å². The van der Waals surface area contributed by atoms with Gasteiger partial charge in [0, 0.05) is 0 Å². The Bertz CT molecular complexity index is 1620. The molecule has 2 aromatic heterocycles. The number of unbranched alkanes of at least 4 members (excludes halogenated alkanes) is 10. The number of aliphatic hydroxyl groups excluding tert-OH is 1. The summed E-state index contributed by atoms with van der Waals surface area (Å²) >= 11 is 0. The second kappa shape index (κ2) is 18.5. The average molecular weight is 720 g/mol. The molecule has 0 radical (unpaired) electrons. The van der Waals surface area contributed by atoms with Crippen LogP contribution in [0.3, 0.4) is 0 Å². The van der Waals surface area contributed by atoms with E-state index in [0.717, 1.165) is 31.7 Å². The fourth-order valence-electron chi connectivity index (χ4n) is 6.24. The Kier molecular flexibility index (Phi) is 14.7. The van der Waals surface area contributed by atoms with Crippen LogP contribution >= 0.6 is 7.82 Å². The van der Waals surface area contributed by atoms with Crippen LogP contribution in [0.15, 0.2) is 36.7 Å². The minimum Gasteiger partial charge on any atom is -0.386 e. The van der Waals surface area contributed by atoms with E-state index in [1.54, 1.807) is 12.1 Å². The van der Waals surface area contributed by atoms with Crippen LogP contribution in [0.5, 0.6) is 0 Å². The number of hydrogen-bond donors (Lipinski definition) is 4. The summed E-state index contributed by atoms with van der Waals surface area (Å²) in [7, 11) is -4.70. The van der Waals surface area contributed by atoms with Crippen molar-refractivity contribution in [1.82, 2.24) is 14.6 Å². The Labute approximate surface area is 293 Å². The molecule has 3 aromatic rings. The number of anilines is 1. The molecule has 1 aliphatic heterocycles. The first-order chi connectivity index (χ1) is 23.9. The third-order valence-corrected chi connectivity index (χ3v) is 10.1. The monoisotopic (exact) mass is 719 g/mol. The molecule has 0 bridgehead atoms. The SMILES string of the molecule is CCCCCCCCCCCCC[C@@H](COP(=O)(O)OC[C@@]1(C)OC[C@](O)(c2ccc3c(N)ncnn23)[C@@H]1O)OCc1cc(F)cc(C#N)c1. The predicted octanol–water partition coefficient (Wildman–Crippen LogP) is 6.08. The lowest BCUT2D eigenvalue weighted by molar-refractivity contribution is -0.100. The highest BCUT2D eigenvalue weighted by Gasteiger charge is 2.58. The van der Waals surface area contributed by atoms with Gasteiger partial charge in [0.2, 0.25) is 0 Å². The molecule has 0 aliphatic carbocycles. The third-order valence-electron chi connectivity index (χ3n) is 9.22. The second-order valence-corrected chi connectivity index (χ2v) is 14.8. The fraction of sp³-hybridized carbons (Fsp3) is 0.629. The molecule has 276 valence electrons. The molecule has 0 spiro atoms. The van der Waals surface area contributed by atoms with Gasteiger partial charge in [-0.25, -0.2) is 18.5 Å². The summed E-state index contributed by atoms with van der Waals surface area (Å²) < 4.78 is 50.7. The number of halogens is 1. The van der Waals surface area contributed by atoms with Gasteiger partial charge in [-0.05, 0) is 49.2 Å². The smallest absolute Gasteiger partial charge is 0.386 e. The van der Waals surface area contributed by atoms with Gasteiger partial charge in [-0.3, -0.25) is 9.05 Å². The zero-order chi connectivity index (χ0) is 36.2. The zero-order valence-electron chi connectivity index (χ0n) is 29.0. The largest absolute Gasteiger partial charge is 0.472 e. The number of benzene rings is 1. The van der Waals surface area contributed by atoms with E-state index in [2.05, 4.69) is 17.0 Å². The van der Waals surface area contributed by atoms with Gasteiger partial charge < -0.3 is 30.3 Å². The van der Waals surface area contributed by atoms with E-state index in [9.17, 15) is 29.3 Å².